The van der Waals surface area contributed by atoms with Crippen molar-refractivity contribution in [1.82, 2.24) is 0 Å². The topological polar surface area (TPSA) is 78.3 Å². The van der Waals surface area contributed by atoms with Crippen LogP contribution >= 0.6 is 0 Å². The molecule has 1 amide bonds. The quantitative estimate of drug-likeness (QED) is 0.861. The van der Waals surface area contributed by atoms with Gasteiger partial charge in [-0.1, -0.05) is 6.07 Å². The molecule has 4 N–H and O–H groups in total. The Labute approximate surface area is 102 Å². The number of alkyl halides is 3. The highest BCUT2D eigenvalue weighted by Gasteiger charge is 2.35. The molecule has 1 aromatic carbocycles. The third-order valence-corrected chi connectivity index (χ3v) is 2.29. The molecule has 0 radical (unpaired) electrons. The minimum Gasteiger partial charge on any atom is -0.480 e. The van der Waals surface area contributed by atoms with E-state index in [1.807, 2.05) is 0 Å². The number of primary amides is 1. The van der Waals surface area contributed by atoms with Crippen molar-refractivity contribution >= 4 is 5.91 Å². The second-order valence-electron chi connectivity index (χ2n) is 3.69. The molecule has 1 aromatic rings. The molecule has 18 heavy (non-hydrogen) atoms. The number of amides is 1. The van der Waals surface area contributed by atoms with Crippen LogP contribution in [0.25, 0.3) is 0 Å². The van der Waals surface area contributed by atoms with Crippen LogP contribution < -0.4 is 16.2 Å². The molecule has 0 aliphatic heterocycles. The van der Waals surface area contributed by atoms with Gasteiger partial charge in [0, 0.05) is 6.54 Å². The summed E-state index contributed by atoms with van der Waals surface area (Å²) < 4.78 is 43.2. The molecule has 1 unspecified atom stereocenters. The summed E-state index contributed by atoms with van der Waals surface area (Å²) >= 11 is 0. The Hall–Kier alpha value is -1.76. The number of hydrogen-bond donors (Lipinski definition) is 2. The molecule has 1 rings (SSSR count). The van der Waals surface area contributed by atoms with Crippen LogP contribution in [0.3, 0.4) is 0 Å². The third-order valence-electron chi connectivity index (χ3n) is 2.29. The van der Waals surface area contributed by atoms with E-state index >= 15 is 0 Å². The molecule has 0 bridgehead atoms. The summed E-state index contributed by atoms with van der Waals surface area (Å²) in [7, 11) is 0. The molecule has 7 heteroatoms. The fourth-order valence-corrected chi connectivity index (χ4v) is 1.28. The summed E-state index contributed by atoms with van der Waals surface area (Å²) in [6.07, 6.45) is -5.73. The van der Waals surface area contributed by atoms with Gasteiger partial charge in [0.25, 0.3) is 5.91 Å². The second-order valence-corrected chi connectivity index (χ2v) is 3.69. The Balaban J connectivity index is 3.14. The third kappa shape index (κ3) is 3.36. The van der Waals surface area contributed by atoms with E-state index in [1.165, 1.54) is 13.0 Å². The Morgan fingerprint density at radius 1 is 1.44 bits per heavy atom. The average molecular weight is 262 g/mol. The summed E-state index contributed by atoms with van der Waals surface area (Å²) in [6, 6.07) is 3.42. The largest absolute Gasteiger partial charge is 0.480 e. The van der Waals surface area contributed by atoms with Crippen LogP contribution in [0.2, 0.25) is 0 Å². The zero-order chi connectivity index (χ0) is 13.9. The number of nitrogens with two attached hydrogens (primary N) is 2. The maximum atomic E-state index is 12.8. The lowest BCUT2D eigenvalue weighted by Gasteiger charge is -2.17. The van der Waals surface area contributed by atoms with Crippen molar-refractivity contribution in [3.05, 3.63) is 29.3 Å². The maximum absolute atomic E-state index is 12.8. The second kappa shape index (κ2) is 5.26. The fourth-order valence-electron chi connectivity index (χ4n) is 1.28. The van der Waals surface area contributed by atoms with E-state index in [-0.39, 0.29) is 6.54 Å². The van der Waals surface area contributed by atoms with Crippen LogP contribution in [0, 0.1) is 0 Å². The summed E-state index contributed by atoms with van der Waals surface area (Å²) in [5.74, 6) is -1.28. The van der Waals surface area contributed by atoms with Crippen molar-refractivity contribution in [2.24, 2.45) is 11.5 Å². The Bertz CT molecular complexity index is 446. The van der Waals surface area contributed by atoms with E-state index < -0.39 is 29.5 Å². The average Bonchev–Trinajstić information content (AvgIpc) is 2.27. The number of carbonyl (C=O) groups is 1. The Kier molecular flexibility index (Phi) is 4.18. The van der Waals surface area contributed by atoms with Gasteiger partial charge in [0.1, 0.15) is 5.75 Å². The molecule has 0 heterocycles. The van der Waals surface area contributed by atoms with Crippen LogP contribution in [-0.4, -0.2) is 12.0 Å². The van der Waals surface area contributed by atoms with Gasteiger partial charge in [0.15, 0.2) is 6.10 Å². The minimum absolute atomic E-state index is 0.0191. The van der Waals surface area contributed by atoms with E-state index in [4.69, 9.17) is 16.2 Å². The summed E-state index contributed by atoms with van der Waals surface area (Å²) in [5, 5.41) is 0. The zero-order valence-corrected chi connectivity index (χ0v) is 9.62. The highest BCUT2D eigenvalue weighted by molar-refractivity contribution is 5.78. The predicted octanol–water partition coefficient (Wildman–Crippen LogP) is 1.42. The SMILES string of the molecule is CC(Oc1ccc(CN)cc1C(F)(F)F)C(N)=O. The number of benzene rings is 1. The number of carbonyl (C=O) groups excluding carboxylic acids is 1. The van der Waals surface area contributed by atoms with Gasteiger partial charge < -0.3 is 16.2 Å². The summed E-state index contributed by atoms with van der Waals surface area (Å²) in [6.45, 7) is 1.26. The lowest BCUT2D eigenvalue weighted by atomic mass is 10.1. The van der Waals surface area contributed by atoms with Gasteiger partial charge in [0.2, 0.25) is 0 Å². The zero-order valence-electron chi connectivity index (χ0n) is 9.62. The summed E-state index contributed by atoms with van der Waals surface area (Å²) in [5.41, 5.74) is 9.56. The molecule has 0 saturated heterocycles. The molecule has 4 nitrogen and oxygen atoms in total. The standard InChI is InChI=1S/C11H13F3N2O2/c1-6(10(16)17)18-9-3-2-7(5-15)4-8(9)11(12,13)14/h2-4,6H,5,15H2,1H3,(H2,16,17). The summed E-state index contributed by atoms with van der Waals surface area (Å²) in [4.78, 5) is 10.8. The molecule has 1 atom stereocenters. The highest BCUT2D eigenvalue weighted by Crippen LogP contribution is 2.37. The number of halogens is 3. The molecule has 0 spiro atoms. The van der Waals surface area contributed by atoms with E-state index in [1.54, 1.807) is 0 Å². The maximum Gasteiger partial charge on any atom is 0.419 e. The predicted molar refractivity (Wildman–Crippen MR) is 58.6 cm³/mol. The van der Waals surface area contributed by atoms with Crippen LogP contribution in [0.1, 0.15) is 18.1 Å². The van der Waals surface area contributed by atoms with Crippen LogP contribution in [-0.2, 0) is 17.5 Å². The lowest BCUT2D eigenvalue weighted by Crippen LogP contribution is -2.31. The van der Waals surface area contributed by atoms with E-state index in [0.717, 1.165) is 12.1 Å². The molecular weight excluding hydrogens is 249 g/mol. The van der Waals surface area contributed by atoms with Gasteiger partial charge in [0.05, 0.1) is 5.56 Å². The van der Waals surface area contributed by atoms with E-state index in [2.05, 4.69) is 0 Å². The number of hydrogen-bond acceptors (Lipinski definition) is 3. The van der Waals surface area contributed by atoms with Gasteiger partial charge in [-0.25, -0.2) is 0 Å². The Morgan fingerprint density at radius 2 is 2.06 bits per heavy atom. The van der Waals surface area contributed by atoms with Crippen molar-refractivity contribution in [3.8, 4) is 5.75 Å². The first-order valence-corrected chi connectivity index (χ1v) is 5.12. The van der Waals surface area contributed by atoms with Gasteiger partial charge in [-0.05, 0) is 24.6 Å². The smallest absolute Gasteiger partial charge is 0.419 e. The minimum atomic E-state index is -4.59. The van der Waals surface area contributed by atoms with Crippen LogP contribution in [0.15, 0.2) is 18.2 Å². The van der Waals surface area contributed by atoms with Crippen molar-refractivity contribution in [1.29, 1.82) is 0 Å². The molecular formula is C11H13F3N2O2. The van der Waals surface area contributed by atoms with Gasteiger partial charge in [-0.2, -0.15) is 13.2 Å². The van der Waals surface area contributed by atoms with Crippen molar-refractivity contribution in [2.75, 3.05) is 0 Å². The number of rotatable bonds is 4. The molecule has 0 saturated carbocycles. The first-order chi connectivity index (χ1) is 8.25. The molecule has 0 fully saturated rings. The van der Waals surface area contributed by atoms with E-state index in [9.17, 15) is 18.0 Å². The molecule has 100 valence electrons. The normalized spacial score (nSPS) is 13.2. The van der Waals surface area contributed by atoms with Crippen molar-refractivity contribution in [2.45, 2.75) is 25.7 Å². The van der Waals surface area contributed by atoms with Crippen molar-refractivity contribution < 1.29 is 22.7 Å². The first kappa shape index (κ1) is 14.3. The highest BCUT2D eigenvalue weighted by atomic mass is 19.4. The van der Waals surface area contributed by atoms with Gasteiger partial charge in [-0.15, -0.1) is 0 Å². The van der Waals surface area contributed by atoms with Crippen molar-refractivity contribution in [3.63, 3.8) is 0 Å². The lowest BCUT2D eigenvalue weighted by molar-refractivity contribution is -0.140. The molecule has 0 aliphatic rings. The fraction of sp³-hybridized carbons (Fsp3) is 0.364. The Morgan fingerprint density at radius 3 is 2.50 bits per heavy atom. The van der Waals surface area contributed by atoms with Gasteiger partial charge in [-0.3, -0.25) is 4.79 Å². The first-order valence-electron chi connectivity index (χ1n) is 5.12. The van der Waals surface area contributed by atoms with E-state index in [0.29, 0.717) is 5.56 Å². The van der Waals surface area contributed by atoms with Crippen LogP contribution in [0.5, 0.6) is 5.75 Å². The molecule has 0 aliphatic carbocycles. The monoisotopic (exact) mass is 262 g/mol. The van der Waals surface area contributed by atoms with Gasteiger partial charge >= 0.3 is 6.18 Å². The number of ether oxygens (including phenoxy) is 1. The van der Waals surface area contributed by atoms with Crippen LogP contribution in [0.4, 0.5) is 13.2 Å². The molecule has 0 aromatic heterocycles.